The number of para-hydroxylation sites is 1. The van der Waals surface area contributed by atoms with Gasteiger partial charge in [0.25, 0.3) is 0 Å². The fourth-order valence-corrected chi connectivity index (χ4v) is 3.80. The minimum atomic E-state index is -0.388. The van der Waals surface area contributed by atoms with Crippen molar-refractivity contribution in [3.8, 4) is 0 Å². The molecule has 1 aliphatic rings. The van der Waals surface area contributed by atoms with Crippen molar-refractivity contribution in [3.63, 3.8) is 0 Å². The number of nitrogens with zero attached hydrogens (tertiary/aromatic N) is 1. The third kappa shape index (κ3) is 4.14. The minimum Gasteiger partial charge on any atom is -0.445 e. The SMILES string of the molecule is O=C(NCc1cc2ccccc2n1C1CCNCC1)OCc1ccccc1. The number of aromatic nitrogens is 1. The Morgan fingerprint density at radius 1 is 1.07 bits per heavy atom. The molecular formula is C22H25N3O2. The smallest absolute Gasteiger partial charge is 0.407 e. The summed E-state index contributed by atoms with van der Waals surface area (Å²) >= 11 is 0. The Bertz CT molecular complexity index is 898. The van der Waals surface area contributed by atoms with Gasteiger partial charge in [0.2, 0.25) is 0 Å². The van der Waals surface area contributed by atoms with Gasteiger partial charge in [0.15, 0.2) is 0 Å². The lowest BCUT2D eigenvalue weighted by atomic mass is 10.1. The number of alkyl carbamates (subject to hydrolysis) is 1. The highest BCUT2D eigenvalue weighted by atomic mass is 16.5. The molecule has 27 heavy (non-hydrogen) atoms. The van der Waals surface area contributed by atoms with Crippen LogP contribution in [0.15, 0.2) is 60.7 Å². The fourth-order valence-electron chi connectivity index (χ4n) is 3.80. The van der Waals surface area contributed by atoms with Gasteiger partial charge in [0.1, 0.15) is 6.61 Å². The number of carbonyl (C=O) groups is 1. The van der Waals surface area contributed by atoms with Crippen molar-refractivity contribution in [3.05, 3.63) is 71.9 Å². The van der Waals surface area contributed by atoms with E-state index in [0.29, 0.717) is 12.6 Å². The number of ether oxygens (including phenoxy) is 1. The van der Waals surface area contributed by atoms with Crippen LogP contribution in [-0.2, 0) is 17.9 Å². The van der Waals surface area contributed by atoms with Crippen LogP contribution in [0.3, 0.4) is 0 Å². The summed E-state index contributed by atoms with van der Waals surface area (Å²) in [6, 6.07) is 20.8. The molecule has 0 atom stereocenters. The maximum atomic E-state index is 12.1. The monoisotopic (exact) mass is 363 g/mol. The van der Waals surface area contributed by atoms with Gasteiger partial charge in [-0.1, -0.05) is 48.5 Å². The molecule has 2 N–H and O–H groups in total. The van der Waals surface area contributed by atoms with E-state index < -0.39 is 0 Å². The Balaban J connectivity index is 1.45. The minimum absolute atomic E-state index is 0.282. The van der Waals surface area contributed by atoms with E-state index in [4.69, 9.17) is 4.74 Å². The van der Waals surface area contributed by atoms with Crippen molar-refractivity contribution in [2.75, 3.05) is 13.1 Å². The molecule has 2 aromatic carbocycles. The standard InChI is InChI=1S/C22H25N3O2/c26-22(27-16-17-6-2-1-3-7-17)24-15-20-14-18-8-4-5-9-21(18)25(20)19-10-12-23-13-11-19/h1-9,14,19,23H,10-13,15-16H2,(H,24,26). The van der Waals surface area contributed by atoms with Gasteiger partial charge < -0.3 is 19.9 Å². The van der Waals surface area contributed by atoms with Crippen molar-refractivity contribution in [1.29, 1.82) is 0 Å². The molecule has 0 spiro atoms. The highest BCUT2D eigenvalue weighted by molar-refractivity contribution is 5.81. The molecule has 1 amide bonds. The zero-order valence-corrected chi connectivity index (χ0v) is 15.4. The maximum absolute atomic E-state index is 12.1. The molecule has 1 fully saturated rings. The summed E-state index contributed by atoms with van der Waals surface area (Å²) in [5.41, 5.74) is 3.34. The number of benzene rings is 2. The van der Waals surface area contributed by atoms with Crippen LogP contribution in [-0.4, -0.2) is 23.7 Å². The van der Waals surface area contributed by atoms with Crippen LogP contribution in [0.5, 0.6) is 0 Å². The summed E-state index contributed by atoms with van der Waals surface area (Å²) in [5.74, 6) is 0. The number of hydrogen-bond acceptors (Lipinski definition) is 3. The molecule has 4 rings (SSSR count). The van der Waals surface area contributed by atoms with Crippen LogP contribution < -0.4 is 10.6 Å². The second-order valence-corrected chi connectivity index (χ2v) is 6.96. The van der Waals surface area contributed by atoms with E-state index in [1.54, 1.807) is 0 Å². The highest BCUT2D eigenvalue weighted by Gasteiger charge is 2.20. The lowest BCUT2D eigenvalue weighted by Crippen LogP contribution is -2.31. The van der Waals surface area contributed by atoms with E-state index in [9.17, 15) is 4.79 Å². The molecule has 1 saturated heterocycles. The first-order valence-corrected chi connectivity index (χ1v) is 9.55. The summed E-state index contributed by atoms with van der Waals surface area (Å²) in [4.78, 5) is 12.1. The molecule has 0 aliphatic carbocycles. The molecule has 3 aromatic rings. The quantitative estimate of drug-likeness (QED) is 0.721. The summed E-state index contributed by atoms with van der Waals surface area (Å²) in [6.07, 6.45) is 1.81. The molecule has 1 aromatic heterocycles. The van der Waals surface area contributed by atoms with Crippen molar-refractivity contribution >= 4 is 17.0 Å². The van der Waals surface area contributed by atoms with Crippen LogP contribution in [0.1, 0.15) is 30.1 Å². The number of nitrogens with one attached hydrogen (secondary N) is 2. The van der Waals surface area contributed by atoms with Gasteiger partial charge in [0.05, 0.1) is 6.54 Å². The maximum Gasteiger partial charge on any atom is 0.407 e. The van der Waals surface area contributed by atoms with E-state index in [2.05, 4.69) is 45.5 Å². The number of fused-ring (bicyclic) bond motifs is 1. The van der Waals surface area contributed by atoms with Gasteiger partial charge >= 0.3 is 6.09 Å². The Morgan fingerprint density at radius 3 is 2.63 bits per heavy atom. The molecule has 0 radical (unpaired) electrons. The molecule has 140 valence electrons. The Labute approximate surface area is 159 Å². The number of carbonyl (C=O) groups excluding carboxylic acids is 1. The normalized spacial score (nSPS) is 15.0. The van der Waals surface area contributed by atoms with Gasteiger partial charge in [-0.3, -0.25) is 0 Å². The van der Waals surface area contributed by atoms with Gasteiger partial charge in [-0.15, -0.1) is 0 Å². The molecule has 2 heterocycles. The summed E-state index contributed by atoms with van der Waals surface area (Å²) in [7, 11) is 0. The van der Waals surface area contributed by atoms with Crippen LogP contribution >= 0.6 is 0 Å². The average Bonchev–Trinajstić information content (AvgIpc) is 3.10. The van der Waals surface area contributed by atoms with Crippen molar-refractivity contribution in [2.45, 2.75) is 32.0 Å². The van der Waals surface area contributed by atoms with Crippen LogP contribution in [0, 0.1) is 0 Å². The van der Waals surface area contributed by atoms with Crippen LogP contribution in [0.2, 0.25) is 0 Å². The van der Waals surface area contributed by atoms with Crippen molar-refractivity contribution < 1.29 is 9.53 Å². The third-order valence-electron chi connectivity index (χ3n) is 5.13. The molecule has 0 saturated carbocycles. The van der Waals surface area contributed by atoms with Crippen LogP contribution in [0.25, 0.3) is 10.9 Å². The molecular weight excluding hydrogens is 338 g/mol. The molecule has 5 nitrogen and oxygen atoms in total. The first kappa shape index (κ1) is 17.6. The molecule has 0 bridgehead atoms. The Hall–Kier alpha value is -2.79. The largest absolute Gasteiger partial charge is 0.445 e. The Morgan fingerprint density at radius 2 is 1.81 bits per heavy atom. The van der Waals surface area contributed by atoms with E-state index in [1.165, 1.54) is 10.9 Å². The Kier molecular flexibility index (Phi) is 5.39. The van der Waals surface area contributed by atoms with E-state index in [-0.39, 0.29) is 12.7 Å². The first-order chi connectivity index (χ1) is 13.3. The zero-order valence-electron chi connectivity index (χ0n) is 15.4. The molecule has 1 aliphatic heterocycles. The second kappa shape index (κ2) is 8.27. The van der Waals surface area contributed by atoms with E-state index >= 15 is 0 Å². The highest BCUT2D eigenvalue weighted by Crippen LogP contribution is 2.29. The topological polar surface area (TPSA) is 55.3 Å². The first-order valence-electron chi connectivity index (χ1n) is 9.55. The predicted octanol–water partition coefficient (Wildman–Crippen LogP) is 3.99. The van der Waals surface area contributed by atoms with Gasteiger partial charge in [-0.2, -0.15) is 0 Å². The molecule has 0 unspecified atom stereocenters. The van der Waals surface area contributed by atoms with Crippen molar-refractivity contribution in [1.82, 2.24) is 15.2 Å². The van der Waals surface area contributed by atoms with Crippen LogP contribution in [0.4, 0.5) is 4.79 Å². The summed E-state index contributed by atoms with van der Waals surface area (Å²) < 4.78 is 7.74. The number of amides is 1. The number of hydrogen-bond donors (Lipinski definition) is 2. The second-order valence-electron chi connectivity index (χ2n) is 6.96. The van der Waals surface area contributed by atoms with E-state index in [1.807, 2.05) is 30.3 Å². The summed E-state index contributed by atoms with van der Waals surface area (Å²) in [5, 5.41) is 7.55. The average molecular weight is 363 g/mol. The fraction of sp³-hybridized carbons (Fsp3) is 0.318. The lowest BCUT2D eigenvalue weighted by molar-refractivity contribution is 0.139. The van der Waals surface area contributed by atoms with Gasteiger partial charge in [-0.05, 0) is 49.0 Å². The zero-order chi connectivity index (χ0) is 18.5. The third-order valence-corrected chi connectivity index (χ3v) is 5.13. The lowest BCUT2D eigenvalue weighted by Gasteiger charge is -2.27. The van der Waals surface area contributed by atoms with Gasteiger partial charge in [0, 0.05) is 17.3 Å². The molecule has 5 heteroatoms. The predicted molar refractivity (Wildman–Crippen MR) is 107 cm³/mol. The number of rotatable bonds is 5. The summed E-state index contributed by atoms with van der Waals surface area (Å²) in [6.45, 7) is 2.81. The van der Waals surface area contributed by atoms with E-state index in [0.717, 1.165) is 37.2 Å². The number of piperidine rings is 1. The van der Waals surface area contributed by atoms with Crippen molar-refractivity contribution in [2.24, 2.45) is 0 Å². The van der Waals surface area contributed by atoms with Gasteiger partial charge in [-0.25, -0.2) is 4.79 Å².